The average Bonchev–Trinajstić information content (AvgIpc) is 2.99. The number of hydrogen-bond donors (Lipinski definition) is 1. The summed E-state index contributed by atoms with van der Waals surface area (Å²) >= 11 is 0. The van der Waals surface area contributed by atoms with Gasteiger partial charge >= 0.3 is 0 Å². The molecule has 0 radical (unpaired) electrons. The highest BCUT2D eigenvalue weighted by molar-refractivity contribution is 5.30. The van der Waals surface area contributed by atoms with Crippen molar-refractivity contribution in [3.63, 3.8) is 0 Å². The monoisotopic (exact) mass is 302 g/mol. The lowest BCUT2D eigenvalue weighted by atomic mass is 10.0. The van der Waals surface area contributed by atoms with Crippen LogP contribution in [-0.4, -0.2) is 57.0 Å². The summed E-state index contributed by atoms with van der Waals surface area (Å²) in [5, 5.41) is 7.62. The third kappa shape index (κ3) is 3.10. The van der Waals surface area contributed by atoms with Crippen LogP contribution in [0.15, 0.2) is 30.9 Å². The summed E-state index contributed by atoms with van der Waals surface area (Å²) in [6.07, 6.45) is 6.96. The van der Waals surface area contributed by atoms with Gasteiger partial charge in [-0.2, -0.15) is 5.10 Å². The van der Waals surface area contributed by atoms with Crippen molar-refractivity contribution in [3.05, 3.63) is 36.5 Å². The lowest BCUT2D eigenvalue weighted by Gasteiger charge is -2.40. The van der Waals surface area contributed by atoms with E-state index in [4.69, 9.17) is 4.74 Å². The zero-order valence-electron chi connectivity index (χ0n) is 13.0. The van der Waals surface area contributed by atoms with Crippen LogP contribution in [0.4, 0.5) is 5.82 Å². The van der Waals surface area contributed by atoms with Crippen LogP contribution in [0.5, 0.6) is 0 Å². The lowest BCUT2D eigenvalue weighted by molar-refractivity contribution is -0.0664. The Kier molecular flexibility index (Phi) is 4.65. The predicted molar refractivity (Wildman–Crippen MR) is 83.5 cm³/mol. The van der Waals surface area contributed by atoms with Crippen molar-refractivity contribution in [1.29, 1.82) is 0 Å². The molecule has 0 unspecified atom stereocenters. The summed E-state index contributed by atoms with van der Waals surface area (Å²) in [6.45, 7) is 5.54. The maximum absolute atomic E-state index is 6.03. The van der Waals surface area contributed by atoms with Crippen molar-refractivity contribution >= 4 is 5.82 Å². The predicted octanol–water partition coefficient (Wildman–Crippen LogP) is 1.08. The molecule has 0 spiro atoms. The van der Waals surface area contributed by atoms with Gasteiger partial charge in [-0.1, -0.05) is 6.92 Å². The first-order valence-electron chi connectivity index (χ1n) is 7.63. The summed E-state index contributed by atoms with van der Waals surface area (Å²) in [6, 6.07) is 2.26. The van der Waals surface area contributed by atoms with Gasteiger partial charge in [0.1, 0.15) is 5.82 Å². The molecule has 22 heavy (non-hydrogen) atoms. The number of rotatable bonds is 5. The molecule has 1 aliphatic heterocycles. The zero-order chi connectivity index (χ0) is 15.4. The van der Waals surface area contributed by atoms with E-state index in [9.17, 15) is 0 Å². The fraction of sp³-hybridized carbons (Fsp3) is 0.533. The Labute approximate surface area is 130 Å². The zero-order valence-corrected chi connectivity index (χ0v) is 13.0. The molecule has 0 aliphatic carbocycles. The second-order valence-corrected chi connectivity index (χ2v) is 5.33. The highest BCUT2D eigenvalue weighted by Crippen LogP contribution is 2.29. The van der Waals surface area contributed by atoms with Crippen LogP contribution in [-0.2, 0) is 11.8 Å². The molecule has 0 saturated carbocycles. The molecule has 1 aliphatic rings. The lowest BCUT2D eigenvalue weighted by Crippen LogP contribution is -2.48. The smallest absolute Gasteiger partial charge is 0.144 e. The fourth-order valence-electron chi connectivity index (χ4n) is 2.96. The maximum Gasteiger partial charge on any atom is 0.144 e. The van der Waals surface area contributed by atoms with Crippen molar-refractivity contribution in [2.45, 2.75) is 19.1 Å². The van der Waals surface area contributed by atoms with E-state index in [1.54, 1.807) is 18.6 Å². The van der Waals surface area contributed by atoms with Gasteiger partial charge in [0.2, 0.25) is 0 Å². The molecule has 1 fully saturated rings. The molecule has 0 bridgehead atoms. The van der Waals surface area contributed by atoms with E-state index in [1.165, 1.54) is 5.69 Å². The number of nitrogens with zero attached hydrogens (tertiary/aromatic N) is 5. The van der Waals surface area contributed by atoms with Gasteiger partial charge in [-0.25, -0.2) is 4.98 Å². The van der Waals surface area contributed by atoms with Crippen LogP contribution in [0.1, 0.15) is 18.7 Å². The minimum atomic E-state index is 0.0473. The van der Waals surface area contributed by atoms with Gasteiger partial charge in [0.25, 0.3) is 0 Å². The molecule has 118 valence electrons. The van der Waals surface area contributed by atoms with Crippen molar-refractivity contribution in [3.8, 4) is 0 Å². The molecule has 3 heterocycles. The molecular formula is C15H22N6O. The summed E-state index contributed by atoms with van der Waals surface area (Å²) in [7, 11) is 1.98. The number of nitrogens with one attached hydrogen (secondary N) is 1. The Morgan fingerprint density at radius 1 is 1.36 bits per heavy atom. The molecule has 7 heteroatoms. The molecule has 2 atom stereocenters. The number of aryl methyl sites for hydroxylation is 1. The maximum atomic E-state index is 6.03. The van der Waals surface area contributed by atoms with Gasteiger partial charge in [-0.15, -0.1) is 0 Å². The van der Waals surface area contributed by atoms with Gasteiger partial charge in [0.05, 0.1) is 30.6 Å². The van der Waals surface area contributed by atoms with Gasteiger partial charge in [0, 0.05) is 38.7 Å². The Bertz CT molecular complexity index is 587. The van der Waals surface area contributed by atoms with Gasteiger partial charge in [0.15, 0.2) is 0 Å². The van der Waals surface area contributed by atoms with Gasteiger partial charge < -0.3 is 10.1 Å². The van der Waals surface area contributed by atoms with Crippen molar-refractivity contribution in [2.24, 2.45) is 7.05 Å². The first-order chi connectivity index (χ1) is 10.8. The van der Waals surface area contributed by atoms with Crippen LogP contribution in [0.25, 0.3) is 0 Å². The van der Waals surface area contributed by atoms with E-state index in [0.29, 0.717) is 6.54 Å². The Balaban J connectivity index is 1.76. The number of anilines is 1. The third-order valence-corrected chi connectivity index (χ3v) is 4.07. The highest BCUT2D eigenvalue weighted by Gasteiger charge is 2.34. The summed E-state index contributed by atoms with van der Waals surface area (Å²) in [5.74, 6) is 0.767. The Morgan fingerprint density at radius 2 is 2.27 bits per heavy atom. The number of ether oxygens (including phenoxy) is 1. The Hall–Kier alpha value is -1.99. The van der Waals surface area contributed by atoms with Crippen molar-refractivity contribution < 1.29 is 4.74 Å². The fourth-order valence-corrected chi connectivity index (χ4v) is 2.96. The standard InChI is InChI=1S/C15H22N6O/c1-3-21-8-9-22-13(10-18-14-11-16-6-7-17-14)15(21)12-4-5-19-20(12)2/h4-7,11,13,15H,3,8-10H2,1-2H3,(H,17,18)/t13-,15-/m0/s1. The second kappa shape index (κ2) is 6.85. The van der Waals surface area contributed by atoms with Crippen LogP contribution < -0.4 is 5.32 Å². The summed E-state index contributed by atoms with van der Waals surface area (Å²) in [4.78, 5) is 10.8. The van der Waals surface area contributed by atoms with Crippen molar-refractivity contribution in [1.82, 2.24) is 24.6 Å². The Morgan fingerprint density at radius 3 is 2.95 bits per heavy atom. The molecule has 0 aromatic carbocycles. The largest absolute Gasteiger partial charge is 0.373 e. The van der Waals surface area contributed by atoms with Crippen molar-refractivity contribution in [2.75, 3.05) is 31.6 Å². The molecule has 3 rings (SSSR count). The molecule has 2 aromatic heterocycles. The highest BCUT2D eigenvalue weighted by atomic mass is 16.5. The molecule has 7 nitrogen and oxygen atoms in total. The van der Waals surface area contributed by atoms with Gasteiger partial charge in [-0.3, -0.25) is 14.6 Å². The van der Waals surface area contributed by atoms with Gasteiger partial charge in [-0.05, 0) is 12.6 Å². The van der Waals surface area contributed by atoms with E-state index in [0.717, 1.165) is 25.5 Å². The first-order valence-corrected chi connectivity index (χ1v) is 7.63. The molecule has 2 aromatic rings. The van der Waals surface area contributed by atoms with E-state index >= 15 is 0 Å². The van der Waals surface area contributed by atoms with E-state index in [1.807, 2.05) is 17.9 Å². The first kappa shape index (κ1) is 14.9. The van der Waals surface area contributed by atoms with Crippen LogP contribution in [0, 0.1) is 0 Å². The number of morpholine rings is 1. The SMILES string of the molecule is CCN1CCO[C@@H](CNc2cnccn2)[C@@H]1c1ccnn1C. The van der Waals surface area contributed by atoms with E-state index in [-0.39, 0.29) is 12.1 Å². The van der Waals surface area contributed by atoms with E-state index < -0.39 is 0 Å². The molecule has 1 saturated heterocycles. The number of aromatic nitrogens is 4. The van der Waals surface area contributed by atoms with Crippen LogP contribution in [0.3, 0.4) is 0 Å². The molecule has 0 amide bonds. The molecular weight excluding hydrogens is 280 g/mol. The average molecular weight is 302 g/mol. The minimum absolute atomic E-state index is 0.0473. The quantitative estimate of drug-likeness (QED) is 0.891. The number of likely N-dealkylation sites (N-methyl/N-ethyl adjacent to an activating group) is 1. The number of hydrogen-bond acceptors (Lipinski definition) is 6. The summed E-state index contributed by atoms with van der Waals surface area (Å²) < 4.78 is 7.96. The summed E-state index contributed by atoms with van der Waals surface area (Å²) in [5.41, 5.74) is 1.17. The minimum Gasteiger partial charge on any atom is -0.373 e. The van der Waals surface area contributed by atoms with Crippen LogP contribution in [0.2, 0.25) is 0 Å². The topological polar surface area (TPSA) is 68.1 Å². The normalized spacial score (nSPS) is 22.6. The second-order valence-electron chi connectivity index (χ2n) is 5.33. The van der Waals surface area contributed by atoms with E-state index in [2.05, 4.69) is 38.3 Å². The molecule has 1 N–H and O–H groups in total. The van der Waals surface area contributed by atoms with Crippen LogP contribution >= 0.6 is 0 Å². The third-order valence-electron chi connectivity index (χ3n) is 4.07.